The molecule has 3 aromatic carbocycles. The number of hydrogen-bond donors (Lipinski definition) is 0. The molecule has 29 heavy (non-hydrogen) atoms. The molecule has 4 rings (SSSR count). The molecule has 0 bridgehead atoms. The summed E-state index contributed by atoms with van der Waals surface area (Å²) < 4.78 is 15.8. The fourth-order valence-corrected chi connectivity index (χ4v) is 2.99. The Morgan fingerprint density at radius 3 is 2.10 bits per heavy atom. The summed E-state index contributed by atoms with van der Waals surface area (Å²) in [6, 6.07) is 21.7. The van der Waals surface area contributed by atoms with E-state index in [-0.39, 0.29) is 5.56 Å². The number of hydrogen-bond acceptors (Lipinski definition) is 5. The van der Waals surface area contributed by atoms with Crippen molar-refractivity contribution in [3.05, 3.63) is 94.3 Å². The van der Waals surface area contributed by atoms with Gasteiger partial charge in [-0.25, -0.2) is 9.59 Å². The van der Waals surface area contributed by atoms with Crippen LogP contribution in [0.4, 0.5) is 0 Å². The molecule has 4 aromatic rings. The summed E-state index contributed by atoms with van der Waals surface area (Å²) in [5.41, 5.74) is 2.71. The summed E-state index contributed by atoms with van der Waals surface area (Å²) in [6.07, 6.45) is 0. The van der Waals surface area contributed by atoms with Crippen molar-refractivity contribution in [1.29, 1.82) is 0 Å². The number of aryl methyl sites for hydroxylation is 1. The molecule has 0 fully saturated rings. The Hall–Kier alpha value is -3.86. The summed E-state index contributed by atoms with van der Waals surface area (Å²) in [7, 11) is 1.54. The van der Waals surface area contributed by atoms with E-state index in [1.807, 2.05) is 43.3 Å². The molecule has 0 atom stereocenters. The number of carbonyl (C=O) groups is 1. The Balaban J connectivity index is 1.58. The highest BCUT2D eigenvalue weighted by Gasteiger charge is 2.16. The molecule has 144 valence electrons. The van der Waals surface area contributed by atoms with Crippen LogP contribution in [0.15, 0.2) is 82.0 Å². The fourth-order valence-electron chi connectivity index (χ4n) is 2.99. The lowest BCUT2D eigenvalue weighted by Crippen LogP contribution is -2.18. The lowest BCUT2D eigenvalue weighted by Gasteiger charge is -2.07. The van der Waals surface area contributed by atoms with Crippen LogP contribution in [0.25, 0.3) is 22.1 Å². The minimum Gasteiger partial charge on any atom is -0.497 e. The Bertz CT molecular complexity index is 1240. The van der Waals surface area contributed by atoms with Crippen molar-refractivity contribution in [1.82, 2.24) is 0 Å². The molecule has 0 aliphatic rings. The first-order chi connectivity index (χ1) is 14.0. The summed E-state index contributed by atoms with van der Waals surface area (Å²) >= 11 is 0. The van der Waals surface area contributed by atoms with Gasteiger partial charge in [0.25, 0.3) is 0 Å². The van der Waals surface area contributed by atoms with Gasteiger partial charge < -0.3 is 13.9 Å². The van der Waals surface area contributed by atoms with Crippen molar-refractivity contribution in [3.63, 3.8) is 0 Å². The normalized spacial score (nSPS) is 10.7. The Morgan fingerprint density at radius 2 is 1.45 bits per heavy atom. The van der Waals surface area contributed by atoms with Crippen LogP contribution in [-0.2, 0) is 0 Å². The van der Waals surface area contributed by atoms with Gasteiger partial charge in [-0.2, -0.15) is 0 Å². The number of benzene rings is 3. The van der Waals surface area contributed by atoms with Crippen LogP contribution in [0, 0.1) is 6.92 Å². The highest BCUT2D eigenvalue weighted by molar-refractivity contribution is 5.94. The summed E-state index contributed by atoms with van der Waals surface area (Å²) in [4.78, 5) is 24.7. The van der Waals surface area contributed by atoms with Gasteiger partial charge >= 0.3 is 11.6 Å². The SMILES string of the molecule is COc1ccc2oc(=O)c(C(=O)Oc3ccc(-c4ccc(C)cc4)cc3)cc2c1. The molecule has 0 amide bonds. The maximum atomic E-state index is 12.5. The van der Waals surface area contributed by atoms with Crippen LogP contribution >= 0.6 is 0 Å². The van der Waals surface area contributed by atoms with Crippen LogP contribution in [0.1, 0.15) is 15.9 Å². The second-order valence-electron chi connectivity index (χ2n) is 6.63. The third kappa shape index (κ3) is 3.89. The topological polar surface area (TPSA) is 65.7 Å². The molecule has 0 N–H and O–H groups in total. The second-order valence-corrected chi connectivity index (χ2v) is 6.63. The third-order valence-electron chi connectivity index (χ3n) is 4.61. The number of fused-ring (bicyclic) bond motifs is 1. The molecule has 0 aliphatic heterocycles. The van der Waals surface area contributed by atoms with E-state index in [1.54, 1.807) is 30.3 Å². The smallest absolute Gasteiger partial charge is 0.351 e. The van der Waals surface area contributed by atoms with E-state index in [1.165, 1.54) is 18.7 Å². The predicted molar refractivity (Wildman–Crippen MR) is 111 cm³/mol. The summed E-state index contributed by atoms with van der Waals surface area (Å²) in [6.45, 7) is 2.03. The highest BCUT2D eigenvalue weighted by Crippen LogP contribution is 2.24. The average Bonchev–Trinajstić information content (AvgIpc) is 2.74. The second kappa shape index (κ2) is 7.64. The number of methoxy groups -OCH3 is 1. The summed E-state index contributed by atoms with van der Waals surface area (Å²) in [5, 5.41) is 0.575. The van der Waals surface area contributed by atoms with Crippen LogP contribution < -0.4 is 15.1 Å². The van der Waals surface area contributed by atoms with Gasteiger partial charge in [0.15, 0.2) is 0 Å². The van der Waals surface area contributed by atoms with Crippen molar-refractivity contribution < 1.29 is 18.7 Å². The van der Waals surface area contributed by atoms with Crippen molar-refractivity contribution in [2.75, 3.05) is 7.11 Å². The molecule has 0 spiro atoms. The molecule has 1 aromatic heterocycles. The third-order valence-corrected chi connectivity index (χ3v) is 4.61. The van der Waals surface area contributed by atoms with Gasteiger partial charge in [0.2, 0.25) is 0 Å². The predicted octanol–water partition coefficient (Wildman–Crippen LogP) is 5.00. The van der Waals surface area contributed by atoms with Gasteiger partial charge in [0.05, 0.1) is 7.11 Å². The first-order valence-corrected chi connectivity index (χ1v) is 9.05. The molecule has 0 aliphatic carbocycles. The quantitative estimate of drug-likeness (QED) is 0.281. The standard InChI is InChI=1S/C24H18O5/c1-15-3-5-16(6-4-15)17-7-9-19(10-8-17)28-23(25)21-14-18-13-20(27-2)11-12-22(18)29-24(21)26/h3-14H,1-2H3. The Kier molecular flexibility index (Phi) is 4.87. The van der Waals surface area contributed by atoms with E-state index < -0.39 is 11.6 Å². The lowest BCUT2D eigenvalue weighted by molar-refractivity contribution is 0.0730. The van der Waals surface area contributed by atoms with Gasteiger partial charge in [-0.15, -0.1) is 0 Å². The minimum atomic E-state index is -0.772. The van der Waals surface area contributed by atoms with Gasteiger partial charge in [0, 0.05) is 5.39 Å². The lowest BCUT2D eigenvalue weighted by atomic mass is 10.0. The molecular weight excluding hydrogens is 368 g/mol. The van der Waals surface area contributed by atoms with Crippen LogP contribution in [0.5, 0.6) is 11.5 Å². The minimum absolute atomic E-state index is 0.173. The number of ether oxygens (including phenoxy) is 2. The number of rotatable bonds is 4. The van der Waals surface area contributed by atoms with Gasteiger partial charge in [-0.3, -0.25) is 0 Å². The van der Waals surface area contributed by atoms with Crippen molar-refractivity contribution in [2.24, 2.45) is 0 Å². The Morgan fingerprint density at radius 1 is 0.828 bits per heavy atom. The van der Waals surface area contributed by atoms with Crippen molar-refractivity contribution >= 4 is 16.9 Å². The monoisotopic (exact) mass is 386 g/mol. The maximum Gasteiger partial charge on any atom is 0.351 e. The van der Waals surface area contributed by atoms with E-state index in [9.17, 15) is 9.59 Å². The van der Waals surface area contributed by atoms with Gasteiger partial charge in [-0.05, 0) is 54.4 Å². The first kappa shape index (κ1) is 18.5. The maximum absolute atomic E-state index is 12.5. The number of carbonyl (C=O) groups excluding carboxylic acids is 1. The van der Waals surface area contributed by atoms with Crippen molar-refractivity contribution in [3.8, 4) is 22.6 Å². The first-order valence-electron chi connectivity index (χ1n) is 9.05. The number of esters is 1. The zero-order valence-corrected chi connectivity index (χ0v) is 16.0. The van der Waals surface area contributed by atoms with E-state index in [0.29, 0.717) is 22.5 Å². The molecular formula is C24H18O5. The molecule has 0 radical (unpaired) electrons. The summed E-state index contributed by atoms with van der Waals surface area (Å²) in [5.74, 6) is 0.167. The van der Waals surface area contributed by atoms with Gasteiger partial charge in [0.1, 0.15) is 22.6 Å². The molecule has 5 heteroatoms. The molecule has 5 nitrogen and oxygen atoms in total. The zero-order chi connectivity index (χ0) is 20.4. The fraction of sp³-hybridized carbons (Fsp3) is 0.0833. The molecule has 0 unspecified atom stereocenters. The van der Waals surface area contributed by atoms with Crippen molar-refractivity contribution in [2.45, 2.75) is 6.92 Å². The zero-order valence-electron chi connectivity index (χ0n) is 16.0. The van der Waals surface area contributed by atoms with E-state index >= 15 is 0 Å². The van der Waals surface area contributed by atoms with E-state index in [0.717, 1.165) is 11.1 Å². The van der Waals surface area contributed by atoms with Crippen LogP contribution in [-0.4, -0.2) is 13.1 Å². The highest BCUT2D eigenvalue weighted by atomic mass is 16.5. The molecule has 0 saturated carbocycles. The van der Waals surface area contributed by atoms with E-state index in [2.05, 4.69) is 0 Å². The van der Waals surface area contributed by atoms with Crippen LogP contribution in [0.3, 0.4) is 0 Å². The molecule has 1 heterocycles. The van der Waals surface area contributed by atoms with Gasteiger partial charge in [-0.1, -0.05) is 42.0 Å². The average molecular weight is 386 g/mol. The van der Waals surface area contributed by atoms with E-state index in [4.69, 9.17) is 13.9 Å². The van der Waals surface area contributed by atoms with Crippen LogP contribution in [0.2, 0.25) is 0 Å². The largest absolute Gasteiger partial charge is 0.497 e. The molecule has 0 saturated heterocycles. The Labute approximate surface area is 167 Å².